The molecule has 0 spiro atoms. The molecule has 2 N–H and O–H groups in total. The van der Waals surface area contributed by atoms with E-state index in [4.69, 9.17) is 4.42 Å². The van der Waals surface area contributed by atoms with E-state index in [0.717, 1.165) is 16.8 Å². The fraction of sp³-hybridized carbons (Fsp3) is 0.348. The molecule has 0 radical (unpaired) electrons. The number of furan rings is 1. The molecule has 4 amide bonds. The van der Waals surface area contributed by atoms with Gasteiger partial charge in [0.1, 0.15) is 5.76 Å². The Morgan fingerprint density at radius 2 is 2.10 bits per heavy atom. The Hall–Kier alpha value is -3.55. The Bertz CT molecular complexity index is 1030. The molecular formula is C23H26N4O4. The lowest BCUT2D eigenvalue weighted by Crippen LogP contribution is -2.47. The zero-order valence-electron chi connectivity index (χ0n) is 17.7. The van der Waals surface area contributed by atoms with E-state index in [0.29, 0.717) is 31.0 Å². The summed E-state index contributed by atoms with van der Waals surface area (Å²) in [7, 11) is 0. The van der Waals surface area contributed by atoms with Crippen molar-refractivity contribution in [1.29, 1.82) is 0 Å². The van der Waals surface area contributed by atoms with Crippen LogP contribution in [0.5, 0.6) is 0 Å². The van der Waals surface area contributed by atoms with Gasteiger partial charge in [-0.15, -0.1) is 0 Å². The standard InChI is InChI=1S/C23H26N4O4/c1-3-27-18-14-26(10-9-19(28)24-13-17-8-5-11-31-17)22(29)20(18)21(25-23(27)30)16-7-4-6-15(2)12-16/h4-8,11-12,21H,3,9-10,13-14H2,1-2H3,(H,24,28)(H,25,30)/t21-/m1/s1. The molecule has 1 aromatic carbocycles. The van der Waals surface area contributed by atoms with Crippen LogP contribution in [0.3, 0.4) is 0 Å². The maximum atomic E-state index is 13.3. The van der Waals surface area contributed by atoms with Crippen molar-refractivity contribution in [3.8, 4) is 0 Å². The first-order valence-corrected chi connectivity index (χ1v) is 10.4. The molecule has 4 rings (SSSR count). The molecule has 2 aliphatic rings. The third kappa shape index (κ3) is 4.19. The van der Waals surface area contributed by atoms with Gasteiger partial charge in [-0.1, -0.05) is 29.8 Å². The van der Waals surface area contributed by atoms with Gasteiger partial charge in [0.05, 0.1) is 36.7 Å². The van der Waals surface area contributed by atoms with Gasteiger partial charge in [0.25, 0.3) is 5.91 Å². The second kappa shape index (κ2) is 8.67. The van der Waals surface area contributed by atoms with Gasteiger partial charge in [0.15, 0.2) is 0 Å². The average molecular weight is 422 g/mol. The number of urea groups is 1. The van der Waals surface area contributed by atoms with Gasteiger partial charge in [-0.05, 0) is 31.5 Å². The van der Waals surface area contributed by atoms with Gasteiger partial charge in [0.2, 0.25) is 5.91 Å². The van der Waals surface area contributed by atoms with Crippen LogP contribution in [0.15, 0.2) is 58.3 Å². The molecule has 0 fully saturated rings. The van der Waals surface area contributed by atoms with Crippen molar-refractivity contribution in [2.45, 2.75) is 32.9 Å². The van der Waals surface area contributed by atoms with Gasteiger partial charge < -0.3 is 20.0 Å². The summed E-state index contributed by atoms with van der Waals surface area (Å²) < 4.78 is 5.21. The van der Waals surface area contributed by atoms with Crippen molar-refractivity contribution in [3.05, 3.63) is 70.8 Å². The Morgan fingerprint density at radius 1 is 1.26 bits per heavy atom. The highest BCUT2D eigenvalue weighted by atomic mass is 16.3. The predicted molar refractivity (Wildman–Crippen MR) is 114 cm³/mol. The van der Waals surface area contributed by atoms with Crippen LogP contribution in [0.2, 0.25) is 0 Å². The summed E-state index contributed by atoms with van der Waals surface area (Å²) in [6.45, 7) is 5.24. The average Bonchev–Trinajstić information content (AvgIpc) is 3.38. The van der Waals surface area contributed by atoms with Crippen molar-refractivity contribution in [2.75, 3.05) is 19.6 Å². The monoisotopic (exact) mass is 422 g/mol. The highest BCUT2D eigenvalue weighted by Crippen LogP contribution is 2.36. The van der Waals surface area contributed by atoms with Crippen molar-refractivity contribution in [3.63, 3.8) is 0 Å². The first-order chi connectivity index (χ1) is 15.0. The first-order valence-electron chi connectivity index (χ1n) is 10.4. The Kier molecular flexibility index (Phi) is 5.79. The van der Waals surface area contributed by atoms with Gasteiger partial charge in [-0.3, -0.25) is 14.5 Å². The van der Waals surface area contributed by atoms with E-state index in [1.807, 2.05) is 38.1 Å². The van der Waals surface area contributed by atoms with Crippen LogP contribution in [-0.4, -0.2) is 47.3 Å². The van der Waals surface area contributed by atoms with Crippen LogP contribution in [-0.2, 0) is 16.1 Å². The molecule has 8 nitrogen and oxygen atoms in total. The number of nitrogens with one attached hydrogen (secondary N) is 2. The summed E-state index contributed by atoms with van der Waals surface area (Å²) in [5.74, 6) is 0.372. The zero-order valence-corrected chi connectivity index (χ0v) is 17.7. The zero-order chi connectivity index (χ0) is 22.0. The molecule has 1 aromatic heterocycles. The van der Waals surface area contributed by atoms with E-state index in [-0.39, 0.29) is 30.8 Å². The van der Waals surface area contributed by atoms with E-state index >= 15 is 0 Å². The van der Waals surface area contributed by atoms with E-state index in [9.17, 15) is 14.4 Å². The number of carbonyl (C=O) groups excluding carboxylic acids is 3. The SMILES string of the molecule is CCN1C(=O)N[C@H](c2cccc(C)c2)C2=C1CN(CCC(=O)NCc1ccco1)C2=O. The number of likely N-dealkylation sites (N-methyl/N-ethyl adjacent to an activating group) is 1. The van der Waals surface area contributed by atoms with Crippen LogP contribution in [0.1, 0.15) is 36.3 Å². The summed E-state index contributed by atoms with van der Waals surface area (Å²) in [4.78, 5) is 41.4. The number of carbonyl (C=O) groups is 3. The molecule has 0 saturated carbocycles. The summed E-state index contributed by atoms with van der Waals surface area (Å²) in [5, 5.41) is 5.77. The highest BCUT2D eigenvalue weighted by molar-refractivity contribution is 6.01. The summed E-state index contributed by atoms with van der Waals surface area (Å²) in [6, 6.07) is 10.7. The molecule has 0 bridgehead atoms. The lowest BCUT2D eigenvalue weighted by atomic mass is 9.94. The van der Waals surface area contributed by atoms with E-state index < -0.39 is 6.04 Å². The Balaban J connectivity index is 1.47. The third-order valence-electron chi connectivity index (χ3n) is 5.64. The molecule has 2 aliphatic heterocycles. The van der Waals surface area contributed by atoms with Crippen molar-refractivity contribution in [1.82, 2.24) is 20.4 Å². The fourth-order valence-corrected chi connectivity index (χ4v) is 4.09. The number of rotatable bonds is 7. The maximum Gasteiger partial charge on any atom is 0.322 e. The largest absolute Gasteiger partial charge is 0.467 e. The first kappa shape index (κ1) is 20.7. The van der Waals surface area contributed by atoms with Crippen LogP contribution in [0, 0.1) is 6.92 Å². The molecule has 8 heteroatoms. The van der Waals surface area contributed by atoms with Crippen molar-refractivity contribution >= 4 is 17.8 Å². The quantitative estimate of drug-likeness (QED) is 0.717. The summed E-state index contributed by atoms with van der Waals surface area (Å²) in [6.07, 6.45) is 1.73. The van der Waals surface area contributed by atoms with Crippen molar-refractivity contribution in [2.24, 2.45) is 0 Å². The molecule has 31 heavy (non-hydrogen) atoms. The molecule has 1 atom stereocenters. The minimum absolute atomic E-state index is 0.140. The second-order valence-electron chi connectivity index (χ2n) is 7.73. The fourth-order valence-electron chi connectivity index (χ4n) is 4.09. The number of nitrogens with zero attached hydrogens (tertiary/aromatic N) is 2. The molecule has 162 valence electrons. The van der Waals surface area contributed by atoms with Crippen LogP contribution in [0.25, 0.3) is 0 Å². The molecular weight excluding hydrogens is 396 g/mol. The number of amides is 4. The number of aryl methyl sites for hydroxylation is 1. The minimum Gasteiger partial charge on any atom is -0.467 e. The lowest BCUT2D eigenvalue weighted by Gasteiger charge is -2.33. The predicted octanol–water partition coefficient (Wildman–Crippen LogP) is 2.48. The number of hydrogen-bond donors (Lipinski definition) is 2. The van der Waals surface area contributed by atoms with Gasteiger partial charge in [-0.25, -0.2) is 4.79 Å². The molecule has 2 aromatic rings. The van der Waals surface area contributed by atoms with Gasteiger partial charge in [0, 0.05) is 19.5 Å². The minimum atomic E-state index is -0.490. The maximum absolute atomic E-state index is 13.3. The van der Waals surface area contributed by atoms with E-state index in [1.54, 1.807) is 28.2 Å². The second-order valence-corrected chi connectivity index (χ2v) is 7.73. The topological polar surface area (TPSA) is 94.9 Å². The molecule has 0 unspecified atom stereocenters. The molecule has 0 aliphatic carbocycles. The normalized spacial score (nSPS) is 18.3. The highest BCUT2D eigenvalue weighted by Gasteiger charge is 2.43. The number of benzene rings is 1. The van der Waals surface area contributed by atoms with Crippen molar-refractivity contribution < 1.29 is 18.8 Å². The Labute approximate surface area is 180 Å². The van der Waals surface area contributed by atoms with Gasteiger partial charge >= 0.3 is 6.03 Å². The van der Waals surface area contributed by atoms with Crippen LogP contribution >= 0.6 is 0 Å². The van der Waals surface area contributed by atoms with E-state index in [2.05, 4.69) is 10.6 Å². The van der Waals surface area contributed by atoms with E-state index in [1.165, 1.54) is 0 Å². The van der Waals surface area contributed by atoms with Gasteiger partial charge in [-0.2, -0.15) is 0 Å². The van der Waals surface area contributed by atoms with Crippen LogP contribution < -0.4 is 10.6 Å². The number of hydrogen-bond acceptors (Lipinski definition) is 4. The summed E-state index contributed by atoms with van der Waals surface area (Å²) >= 11 is 0. The molecule has 0 saturated heterocycles. The lowest BCUT2D eigenvalue weighted by molar-refractivity contribution is -0.127. The third-order valence-corrected chi connectivity index (χ3v) is 5.64. The Morgan fingerprint density at radius 3 is 2.81 bits per heavy atom. The summed E-state index contributed by atoms with van der Waals surface area (Å²) in [5.41, 5.74) is 3.24. The van der Waals surface area contributed by atoms with Crippen LogP contribution in [0.4, 0.5) is 4.79 Å². The molecule has 3 heterocycles. The smallest absolute Gasteiger partial charge is 0.322 e.